The molecule has 2 bridgehead atoms. The minimum Gasteiger partial charge on any atom is -0.466 e. The van der Waals surface area contributed by atoms with Crippen molar-refractivity contribution in [1.82, 2.24) is 9.80 Å². The Morgan fingerprint density at radius 1 is 1.31 bits per heavy atom. The molecule has 1 N–H and O–H groups in total. The molecule has 0 aromatic heterocycles. The van der Waals surface area contributed by atoms with Crippen molar-refractivity contribution in [2.75, 3.05) is 19.8 Å². The van der Waals surface area contributed by atoms with Crippen molar-refractivity contribution in [3.63, 3.8) is 0 Å². The molecule has 0 radical (unpaired) electrons. The molecule has 3 heterocycles. The molecule has 3 saturated heterocycles. The van der Waals surface area contributed by atoms with Gasteiger partial charge in [-0.15, -0.1) is 6.58 Å². The number of fused-ring (bicyclic) bond motifs is 1. The van der Waals surface area contributed by atoms with Crippen LogP contribution in [0.5, 0.6) is 0 Å². The number of aliphatic hydroxyl groups is 1. The predicted octanol–water partition coefficient (Wildman–Crippen LogP) is 2.92. The lowest BCUT2D eigenvalue weighted by atomic mass is 9.62. The fourth-order valence-corrected chi connectivity index (χ4v) is 7.63. The van der Waals surface area contributed by atoms with Crippen molar-refractivity contribution in [2.45, 2.75) is 102 Å². The number of hydrogen-bond acceptors (Lipinski definition) is 6. The molecule has 3 unspecified atom stereocenters. The van der Waals surface area contributed by atoms with E-state index in [2.05, 4.69) is 6.58 Å². The lowest BCUT2D eigenvalue weighted by molar-refractivity contribution is -0.164. The van der Waals surface area contributed by atoms with Gasteiger partial charge in [-0.25, -0.2) is 0 Å². The molecule has 202 valence electrons. The summed E-state index contributed by atoms with van der Waals surface area (Å²) in [5.74, 6) is -2.60. The molecule has 1 saturated carbocycles. The molecule has 8 nitrogen and oxygen atoms in total. The molecule has 1 spiro atoms. The average Bonchev–Trinajstić information content (AvgIpc) is 3.35. The Kier molecular flexibility index (Phi) is 7.60. The molecule has 2 amide bonds. The normalized spacial score (nSPS) is 36.8. The Bertz CT molecular complexity index is 885. The molecule has 4 rings (SSSR count). The molecule has 4 aliphatic rings. The van der Waals surface area contributed by atoms with Crippen LogP contribution in [0.15, 0.2) is 12.7 Å². The molecule has 1 aliphatic carbocycles. The van der Waals surface area contributed by atoms with Crippen LogP contribution in [0.2, 0.25) is 0 Å². The summed E-state index contributed by atoms with van der Waals surface area (Å²) >= 11 is 0. The van der Waals surface area contributed by atoms with Crippen molar-refractivity contribution in [3.8, 4) is 0 Å². The maximum absolute atomic E-state index is 14.6. The van der Waals surface area contributed by atoms with Gasteiger partial charge in [-0.05, 0) is 44.9 Å². The molecule has 4 fully saturated rings. The number of ether oxygens (including phenoxy) is 2. The summed E-state index contributed by atoms with van der Waals surface area (Å²) < 4.78 is 12.2. The highest BCUT2D eigenvalue weighted by Gasteiger charge is 2.81. The third-order valence-corrected chi connectivity index (χ3v) is 9.47. The van der Waals surface area contributed by atoms with E-state index in [1.807, 2.05) is 32.6 Å². The van der Waals surface area contributed by atoms with Crippen LogP contribution in [0.3, 0.4) is 0 Å². The van der Waals surface area contributed by atoms with Gasteiger partial charge in [-0.3, -0.25) is 14.4 Å². The van der Waals surface area contributed by atoms with Gasteiger partial charge < -0.3 is 24.4 Å². The number of carbonyl (C=O) groups excluding carboxylic acids is 3. The standard InChI is InChI=1S/C28H44N2O6/c1-7-14-29(19-12-10-9-11-13-19)25(33)23-28-15-18(5)27(6,36-28)22(26(34)35-8-2)21(28)24(32)30(23)20(16-31)17(3)4/h7,17-23,31H,1,8-16H2,2-6H3/t18?,20-,21-,22-,23?,27+,28?/m0/s1. The number of carbonyl (C=O) groups is 3. The number of likely N-dealkylation sites (tertiary alicyclic amines) is 1. The van der Waals surface area contributed by atoms with Crippen LogP contribution in [0.25, 0.3) is 0 Å². The fraction of sp³-hybridized carbons (Fsp3) is 0.821. The molecule has 3 aliphatic heterocycles. The lowest BCUT2D eigenvalue weighted by Crippen LogP contribution is -2.61. The first-order valence-corrected chi connectivity index (χ1v) is 13.8. The highest BCUT2D eigenvalue weighted by molar-refractivity contribution is 5.99. The zero-order valence-corrected chi connectivity index (χ0v) is 22.6. The second kappa shape index (κ2) is 10.1. The summed E-state index contributed by atoms with van der Waals surface area (Å²) in [6.07, 6.45) is 7.38. The number of aliphatic hydroxyl groups excluding tert-OH is 1. The van der Waals surface area contributed by atoms with Crippen molar-refractivity contribution < 1.29 is 29.0 Å². The fourth-order valence-electron chi connectivity index (χ4n) is 7.63. The molecular formula is C28H44N2O6. The summed E-state index contributed by atoms with van der Waals surface area (Å²) in [4.78, 5) is 45.6. The van der Waals surface area contributed by atoms with E-state index in [-0.39, 0.29) is 42.9 Å². The van der Waals surface area contributed by atoms with Gasteiger partial charge in [0.1, 0.15) is 17.6 Å². The van der Waals surface area contributed by atoms with E-state index in [4.69, 9.17) is 9.47 Å². The first-order chi connectivity index (χ1) is 17.1. The number of hydrogen-bond donors (Lipinski definition) is 1. The van der Waals surface area contributed by atoms with Crippen LogP contribution >= 0.6 is 0 Å². The molecule has 0 aromatic rings. The van der Waals surface area contributed by atoms with E-state index in [9.17, 15) is 19.5 Å². The van der Waals surface area contributed by atoms with Crippen molar-refractivity contribution in [1.29, 1.82) is 0 Å². The summed E-state index contributed by atoms with van der Waals surface area (Å²) in [6.45, 7) is 13.8. The van der Waals surface area contributed by atoms with Crippen LogP contribution in [-0.2, 0) is 23.9 Å². The Morgan fingerprint density at radius 2 is 1.97 bits per heavy atom. The smallest absolute Gasteiger partial charge is 0.312 e. The van der Waals surface area contributed by atoms with E-state index >= 15 is 0 Å². The number of rotatable bonds is 9. The largest absolute Gasteiger partial charge is 0.466 e. The van der Waals surface area contributed by atoms with Gasteiger partial charge in [-0.2, -0.15) is 0 Å². The van der Waals surface area contributed by atoms with E-state index in [1.54, 1.807) is 17.9 Å². The van der Waals surface area contributed by atoms with E-state index in [0.29, 0.717) is 13.0 Å². The quantitative estimate of drug-likeness (QED) is 0.383. The summed E-state index contributed by atoms with van der Waals surface area (Å²) in [6, 6.07) is -1.38. The molecular weight excluding hydrogens is 460 g/mol. The third kappa shape index (κ3) is 3.90. The predicted molar refractivity (Wildman–Crippen MR) is 135 cm³/mol. The number of amides is 2. The average molecular weight is 505 g/mol. The molecule has 8 heteroatoms. The van der Waals surface area contributed by atoms with Crippen LogP contribution in [0.1, 0.15) is 73.1 Å². The minimum atomic E-state index is -1.13. The van der Waals surface area contributed by atoms with Crippen molar-refractivity contribution in [2.24, 2.45) is 23.7 Å². The second-order valence-corrected chi connectivity index (χ2v) is 11.8. The number of esters is 1. The Labute approximate surface area is 215 Å². The Morgan fingerprint density at radius 3 is 2.53 bits per heavy atom. The highest BCUT2D eigenvalue weighted by atomic mass is 16.6. The van der Waals surface area contributed by atoms with E-state index in [1.165, 1.54) is 0 Å². The monoisotopic (exact) mass is 504 g/mol. The first-order valence-electron chi connectivity index (χ1n) is 13.8. The lowest BCUT2D eigenvalue weighted by Gasteiger charge is -2.43. The van der Waals surface area contributed by atoms with Gasteiger partial charge in [0.25, 0.3) is 0 Å². The maximum atomic E-state index is 14.6. The van der Waals surface area contributed by atoms with Gasteiger partial charge >= 0.3 is 5.97 Å². The second-order valence-electron chi connectivity index (χ2n) is 11.8. The SMILES string of the molecule is C=CCN(C(=O)C1N([C@@H](CO)C(C)C)C(=O)[C@@H]2[C@@H](C(=O)OCC)[C@]3(C)OC12CC3C)C1CCCCC1. The van der Waals surface area contributed by atoms with E-state index in [0.717, 1.165) is 32.1 Å². The van der Waals surface area contributed by atoms with Gasteiger partial charge in [0.05, 0.1) is 30.8 Å². The number of nitrogens with zero attached hydrogens (tertiary/aromatic N) is 2. The van der Waals surface area contributed by atoms with Crippen LogP contribution in [0, 0.1) is 23.7 Å². The highest BCUT2D eigenvalue weighted by Crippen LogP contribution is 2.66. The molecule has 0 aromatic carbocycles. The van der Waals surface area contributed by atoms with Crippen LogP contribution < -0.4 is 0 Å². The topological polar surface area (TPSA) is 96.4 Å². The first kappa shape index (κ1) is 27.1. The molecule has 36 heavy (non-hydrogen) atoms. The van der Waals surface area contributed by atoms with Crippen LogP contribution in [0.4, 0.5) is 0 Å². The Hall–Kier alpha value is -1.93. The zero-order chi connectivity index (χ0) is 26.4. The summed E-state index contributed by atoms with van der Waals surface area (Å²) in [7, 11) is 0. The van der Waals surface area contributed by atoms with Crippen molar-refractivity contribution >= 4 is 17.8 Å². The maximum Gasteiger partial charge on any atom is 0.312 e. The van der Waals surface area contributed by atoms with Crippen LogP contribution in [-0.4, -0.2) is 81.8 Å². The third-order valence-electron chi connectivity index (χ3n) is 9.47. The van der Waals surface area contributed by atoms with Crippen molar-refractivity contribution in [3.05, 3.63) is 12.7 Å². The van der Waals surface area contributed by atoms with Gasteiger partial charge in [0.2, 0.25) is 11.8 Å². The summed E-state index contributed by atoms with van der Waals surface area (Å²) in [5.41, 5.74) is -2.02. The minimum absolute atomic E-state index is 0.0413. The summed E-state index contributed by atoms with van der Waals surface area (Å²) in [5, 5.41) is 10.4. The van der Waals surface area contributed by atoms with Gasteiger partial charge in [0, 0.05) is 12.6 Å². The zero-order valence-electron chi connectivity index (χ0n) is 22.6. The van der Waals surface area contributed by atoms with Gasteiger partial charge in [0.15, 0.2) is 0 Å². The Balaban J connectivity index is 1.84. The van der Waals surface area contributed by atoms with E-state index < -0.39 is 41.1 Å². The van der Waals surface area contributed by atoms with Gasteiger partial charge in [-0.1, -0.05) is 46.1 Å². The molecule has 7 atom stereocenters.